The predicted molar refractivity (Wildman–Crippen MR) is 73.1 cm³/mol. The number of halogens is 9. The van der Waals surface area contributed by atoms with Gasteiger partial charge in [-0.15, -0.1) is 0 Å². The third kappa shape index (κ3) is 3.32. The minimum atomic E-state index is -6.95. The van der Waals surface area contributed by atoms with Crippen LogP contribution in [0.1, 0.15) is 11.3 Å². The number of hydrogen-bond acceptors (Lipinski definition) is 1. The predicted octanol–water partition coefficient (Wildman–Crippen LogP) is 6.18. The van der Waals surface area contributed by atoms with Gasteiger partial charge in [-0.3, -0.25) is 0 Å². The number of benzene rings is 1. The van der Waals surface area contributed by atoms with E-state index in [1.165, 1.54) is 36.4 Å². The van der Waals surface area contributed by atoms with E-state index in [9.17, 15) is 39.5 Å². The Labute approximate surface area is 140 Å². The highest BCUT2D eigenvalue weighted by Gasteiger charge is 2.81. The highest BCUT2D eigenvalue weighted by molar-refractivity contribution is 5.77. The molecule has 0 amide bonds. The van der Waals surface area contributed by atoms with E-state index in [-0.39, 0.29) is 5.56 Å². The van der Waals surface area contributed by atoms with Gasteiger partial charge in [0.05, 0.1) is 6.26 Å². The SMILES string of the molecule is FC(F)(F)C(F)(F)C(F)(F)C(F)(F)/C=C(\c1ccccc1)c1ccco1. The molecule has 0 saturated carbocycles. The van der Waals surface area contributed by atoms with E-state index in [4.69, 9.17) is 4.42 Å². The molecule has 0 bridgehead atoms. The molecule has 0 aliphatic rings. The van der Waals surface area contributed by atoms with E-state index < -0.39 is 41.4 Å². The molecule has 1 aromatic carbocycles. The fraction of sp³-hybridized carbons (Fsp3) is 0.250. The summed E-state index contributed by atoms with van der Waals surface area (Å²) in [5, 5.41) is 0. The summed E-state index contributed by atoms with van der Waals surface area (Å²) in [6.45, 7) is 0. The van der Waals surface area contributed by atoms with Crippen LogP contribution < -0.4 is 0 Å². The van der Waals surface area contributed by atoms with Gasteiger partial charge in [0, 0.05) is 11.6 Å². The van der Waals surface area contributed by atoms with Gasteiger partial charge >= 0.3 is 23.9 Å². The number of rotatable bonds is 5. The Morgan fingerprint density at radius 3 is 1.77 bits per heavy atom. The molecule has 0 unspecified atom stereocenters. The highest BCUT2D eigenvalue weighted by Crippen LogP contribution is 2.54. The van der Waals surface area contributed by atoms with Gasteiger partial charge in [-0.2, -0.15) is 39.5 Å². The van der Waals surface area contributed by atoms with Crippen molar-refractivity contribution in [3.63, 3.8) is 0 Å². The van der Waals surface area contributed by atoms with Gasteiger partial charge in [-0.05, 0) is 17.7 Å². The second kappa shape index (κ2) is 6.40. The van der Waals surface area contributed by atoms with Crippen LogP contribution in [0.4, 0.5) is 39.5 Å². The van der Waals surface area contributed by atoms with Gasteiger partial charge in [0.25, 0.3) is 0 Å². The molecule has 1 nitrogen and oxygen atoms in total. The molecule has 0 saturated heterocycles. The van der Waals surface area contributed by atoms with Crippen molar-refractivity contribution in [1.82, 2.24) is 0 Å². The molecule has 0 aliphatic heterocycles. The van der Waals surface area contributed by atoms with Gasteiger partial charge in [0.2, 0.25) is 0 Å². The first-order valence-electron chi connectivity index (χ1n) is 6.83. The largest absolute Gasteiger partial charge is 0.464 e. The lowest BCUT2D eigenvalue weighted by Crippen LogP contribution is -2.60. The van der Waals surface area contributed by atoms with E-state index in [1.807, 2.05) is 0 Å². The molecular weight excluding hydrogens is 379 g/mol. The molecule has 0 atom stereocenters. The van der Waals surface area contributed by atoms with E-state index in [0.717, 1.165) is 12.3 Å². The summed E-state index contributed by atoms with van der Waals surface area (Å²) in [5.41, 5.74) is -0.911. The monoisotopic (exact) mass is 388 g/mol. The molecule has 0 N–H and O–H groups in total. The van der Waals surface area contributed by atoms with Crippen molar-refractivity contribution in [2.24, 2.45) is 0 Å². The lowest BCUT2D eigenvalue weighted by atomic mass is 9.96. The third-order valence-electron chi connectivity index (χ3n) is 3.37. The quantitative estimate of drug-likeness (QED) is 0.558. The molecule has 2 rings (SSSR count). The molecule has 1 aromatic heterocycles. The van der Waals surface area contributed by atoms with Crippen molar-refractivity contribution < 1.29 is 43.9 Å². The molecule has 0 radical (unpaired) electrons. The van der Waals surface area contributed by atoms with Gasteiger partial charge in [0.1, 0.15) is 5.76 Å². The first-order chi connectivity index (χ1) is 11.8. The Morgan fingerprint density at radius 1 is 0.731 bits per heavy atom. The molecule has 2 aromatic rings. The number of allylic oxidation sites excluding steroid dienone is 1. The maximum absolute atomic E-state index is 13.9. The van der Waals surface area contributed by atoms with Crippen molar-refractivity contribution in [1.29, 1.82) is 0 Å². The zero-order valence-electron chi connectivity index (χ0n) is 12.5. The number of hydrogen-bond donors (Lipinski definition) is 0. The fourth-order valence-electron chi connectivity index (χ4n) is 2.01. The van der Waals surface area contributed by atoms with E-state index in [1.54, 1.807) is 0 Å². The van der Waals surface area contributed by atoms with Gasteiger partial charge in [-0.1, -0.05) is 30.3 Å². The second-order valence-corrected chi connectivity index (χ2v) is 5.17. The first kappa shape index (κ1) is 19.9. The minimum absolute atomic E-state index is 0.145. The van der Waals surface area contributed by atoms with Crippen LogP contribution in [0.5, 0.6) is 0 Å². The maximum Gasteiger partial charge on any atom is 0.460 e. The average Bonchev–Trinajstić information content (AvgIpc) is 3.06. The van der Waals surface area contributed by atoms with Gasteiger partial charge < -0.3 is 4.42 Å². The summed E-state index contributed by atoms with van der Waals surface area (Å²) in [4.78, 5) is 0. The van der Waals surface area contributed by atoms with Crippen LogP contribution in [-0.2, 0) is 0 Å². The van der Waals surface area contributed by atoms with Gasteiger partial charge in [-0.25, -0.2) is 0 Å². The molecule has 0 fully saturated rings. The van der Waals surface area contributed by atoms with Crippen molar-refractivity contribution in [3.8, 4) is 0 Å². The van der Waals surface area contributed by atoms with Crippen molar-refractivity contribution in [3.05, 3.63) is 66.1 Å². The summed E-state index contributed by atoms with van der Waals surface area (Å²) < 4.78 is 122. The van der Waals surface area contributed by atoms with Crippen molar-refractivity contribution in [2.45, 2.75) is 23.9 Å². The Morgan fingerprint density at radius 2 is 1.31 bits per heavy atom. The van der Waals surface area contributed by atoms with Crippen LogP contribution in [-0.4, -0.2) is 23.9 Å². The average molecular weight is 388 g/mol. The molecule has 0 spiro atoms. The molecular formula is C16H9F9O. The van der Waals surface area contributed by atoms with Crippen molar-refractivity contribution in [2.75, 3.05) is 0 Å². The lowest BCUT2D eigenvalue weighted by Gasteiger charge is -2.32. The number of alkyl halides is 9. The normalized spacial score (nSPS) is 14.6. The fourth-order valence-corrected chi connectivity index (χ4v) is 2.01. The van der Waals surface area contributed by atoms with Crippen LogP contribution in [0, 0.1) is 0 Å². The Hall–Kier alpha value is -2.39. The number of furan rings is 1. The zero-order valence-corrected chi connectivity index (χ0v) is 12.5. The maximum atomic E-state index is 13.9. The molecule has 0 aliphatic carbocycles. The lowest BCUT2D eigenvalue weighted by molar-refractivity contribution is -0.388. The van der Waals surface area contributed by atoms with Gasteiger partial charge in [0.15, 0.2) is 0 Å². The Bertz CT molecular complexity index is 759. The summed E-state index contributed by atoms with van der Waals surface area (Å²) >= 11 is 0. The minimum Gasteiger partial charge on any atom is -0.464 e. The van der Waals surface area contributed by atoms with Crippen LogP contribution in [0.2, 0.25) is 0 Å². The zero-order chi connectivity index (χ0) is 19.8. The molecule has 1 heterocycles. The second-order valence-electron chi connectivity index (χ2n) is 5.17. The topological polar surface area (TPSA) is 13.1 Å². The van der Waals surface area contributed by atoms with Crippen LogP contribution in [0.25, 0.3) is 5.57 Å². The van der Waals surface area contributed by atoms with Crippen LogP contribution >= 0.6 is 0 Å². The smallest absolute Gasteiger partial charge is 0.460 e. The van der Waals surface area contributed by atoms with E-state index >= 15 is 0 Å². The first-order valence-corrected chi connectivity index (χ1v) is 6.83. The van der Waals surface area contributed by atoms with Crippen molar-refractivity contribution >= 4 is 5.57 Å². The van der Waals surface area contributed by atoms with Crippen LogP contribution in [0.3, 0.4) is 0 Å². The summed E-state index contributed by atoms with van der Waals surface area (Å²) in [6.07, 6.45) is -6.53. The summed E-state index contributed by atoms with van der Waals surface area (Å²) in [5.74, 6) is -19.9. The highest BCUT2D eigenvalue weighted by atomic mass is 19.4. The standard InChI is InChI=1S/C16H9F9O/c17-13(18,14(19,20)15(21,22)16(23,24)25)9-11(12-7-4-8-26-12)10-5-2-1-3-6-10/h1-9H/b11-9+. The molecule has 10 heteroatoms. The van der Waals surface area contributed by atoms with E-state index in [0.29, 0.717) is 0 Å². The molecule has 142 valence electrons. The Balaban J connectivity index is 2.61. The summed E-state index contributed by atoms with van der Waals surface area (Å²) in [6, 6.07) is 8.71. The Kier molecular flexibility index (Phi) is 4.91. The third-order valence-corrected chi connectivity index (χ3v) is 3.37. The summed E-state index contributed by atoms with van der Waals surface area (Å²) in [7, 11) is 0. The molecule has 26 heavy (non-hydrogen) atoms. The van der Waals surface area contributed by atoms with Crippen LogP contribution in [0.15, 0.2) is 59.2 Å². The van der Waals surface area contributed by atoms with E-state index in [2.05, 4.69) is 0 Å².